The molecular formula is C16H23FN2O. The first kappa shape index (κ1) is 15.0. The van der Waals surface area contributed by atoms with Gasteiger partial charge in [-0.15, -0.1) is 0 Å². The Morgan fingerprint density at radius 2 is 2.10 bits per heavy atom. The van der Waals surface area contributed by atoms with Crippen LogP contribution in [0.15, 0.2) is 30.5 Å². The summed E-state index contributed by atoms with van der Waals surface area (Å²) in [5.41, 5.74) is 0.950. The Morgan fingerprint density at radius 3 is 2.95 bits per heavy atom. The van der Waals surface area contributed by atoms with Crippen LogP contribution in [0.3, 0.4) is 0 Å². The van der Waals surface area contributed by atoms with Gasteiger partial charge in [-0.1, -0.05) is 13.3 Å². The number of fused-ring (bicyclic) bond motifs is 1. The highest BCUT2D eigenvalue weighted by Gasteiger charge is 2.01. The van der Waals surface area contributed by atoms with Gasteiger partial charge >= 0.3 is 0 Å². The molecule has 0 amide bonds. The normalized spacial score (nSPS) is 11.3. The van der Waals surface area contributed by atoms with Crippen LogP contribution in [-0.4, -0.2) is 30.9 Å². The standard InChI is InChI=1S/C16H23FN2O/c1-2-3-11-20-12-8-18-7-10-19-9-6-14-4-5-15(17)13-16(14)19/h4-6,9,13,18H,2-3,7-8,10-12H2,1H3. The molecule has 110 valence electrons. The summed E-state index contributed by atoms with van der Waals surface area (Å²) in [6.07, 6.45) is 4.30. The molecule has 0 atom stereocenters. The van der Waals surface area contributed by atoms with Crippen LogP contribution in [0.5, 0.6) is 0 Å². The van der Waals surface area contributed by atoms with Crippen molar-refractivity contribution >= 4 is 10.9 Å². The Hall–Kier alpha value is -1.39. The van der Waals surface area contributed by atoms with E-state index in [1.165, 1.54) is 12.5 Å². The van der Waals surface area contributed by atoms with Crippen molar-refractivity contribution in [2.45, 2.75) is 26.3 Å². The van der Waals surface area contributed by atoms with Crippen LogP contribution in [-0.2, 0) is 11.3 Å². The highest BCUT2D eigenvalue weighted by Crippen LogP contribution is 2.16. The summed E-state index contributed by atoms with van der Waals surface area (Å²) in [6.45, 7) is 6.31. The molecule has 2 aromatic rings. The van der Waals surface area contributed by atoms with Crippen LogP contribution in [0.1, 0.15) is 19.8 Å². The molecule has 20 heavy (non-hydrogen) atoms. The van der Waals surface area contributed by atoms with E-state index in [-0.39, 0.29) is 5.82 Å². The van der Waals surface area contributed by atoms with Crippen molar-refractivity contribution in [1.29, 1.82) is 0 Å². The maximum absolute atomic E-state index is 13.2. The van der Waals surface area contributed by atoms with E-state index in [0.717, 1.165) is 50.2 Å². The highest BCUT2D eigenvalue weighted by atomic mass is 19.1. The molecule has 0 aliphatic carbocycles. The summed E-state index contributed by atoms with van der Waals surface area (Å²) in [6, 6.07) is 6.92. The van der Waals surface area contributed by atoms with Crippen molar-refractivity contribution < 1.29 is 9.13 Å². The van der Waals surface area contributed by atoms with Crippen molar-refractivity contribution in [1.82, 2.24) is 9.88 Å². The maximum Gasteiger partial charge on any atom is 0.125 e. The number of benzene rings is 1. The van der Waals surface area contributed by atoms with E-state index in [0.29, 0.717) is 0 Å². The van der Waals surface area contributed by atoms with Crippen LogP contribution in [0.2, 0.25) is 0 Å². The van der Waals surface area contributed by atoms with Crippen molar-refractivity contribution in [3.05, 3.63) is 36.3 Å². The molecule has 0 saturated heterocycles. The zero-order valence-electron chi connectivity index (χ0n) is 12.1. The monoisotopic (exact) mass is 278 g/mol. The molecule has 0 radical (unpaired) electrons. The van der Waals surface area contributed by atoms with Crippen molar-refractivity contribution in [2.75, 3.05) is 26.3 Å². The number of aromatic nitrogens is 1. The molecule has 0 unspecified atom stereocenters. The Labute approximate surface area is 119 Å². The third kappa shape index (κ3) is 4.32. The lowest BCUT2D eigenvalue weighted by atomic mass is 10.2. The van der Waals surface area contributed by atoms with Gasteiger partial charge in [-0.25, -0.2) is 4.39 Å². The molecule has 0 fully saturated rings. The zero-order chi connectivity index (χ0) is 14.2. The quantitative estimate of drug-likeness (QED) is 0.713. The van der Waals surface area contributed by atoms with Gasteiger partial charge in [0.1, 0.15) is 5.82 Å². The van der Waals surface area contributed by atoms with E-state index >= 15 is 0 Å². The molecule has 0 bridgehead atoms. The summed E-state index contributed by atoms with van der Waals surface area (Å²) >= 11 is 0. The number of nitrogens with one attached hydrogen (secondary N) is 1. The first-order valence-corrected chi connectivity index (χ1v) is 7.34. The number of rotatable bonds is 9. The molecule has 0 aliphatic heterocycles. The van der Waals surface area contributed by atoms with Gasteiger partial charge in [-0.2, -0.15) is 0 Å². The number of hydrogen-bond donors (Lipinski definition) is 1. The molecule has 0 saturated carbocycles. The maximum atomic E-state index is 13.2. The number of ether oxygens (including phenoxy) is 1. The van der Waals surface area contributed by atoms with Gasteiger partial charge < -0.3 is 14.6 Å². The molecule has 1 N–H and O–H groups in total. The average Bonchev–Trinajstić information content (AvgIpc) is 2.84. The molecule has 2 rings (SSSR count). The predicted molar refractivity (Wildman–Crippen MR) is 80.5 cm³/mol. The molecule has 0 aliphatic rings. The molecule has 1 aromatic carbocycles. The third-order valence-corrected chi connectivity index (χ3v) is 3.33. The van der Waals surface area contributed by atoms with Crippen LogP contribution in [0.4, 0.5) is 4.39 Å². The Balaban J connectivity index is 1.69. The van der Waals surface area contributed by atoms with E-state index in [1.54, 1.807) is 6.07 Å². The van der Waals surface area contributed by atoms with Crippen LogP contribution in [0.25, 0.3) is 10.9 Å². The fraction of sp³-hybridized carbons (Fsp3) is 0.500. The number of halogens is 1. The molecule has 3 nitrogen and oxygen atoms in total. The van der Waals surface area contributed by atoms with E-state index < -0.39 is 0 Å². The minimum absolute atomic E-state index is 0.185. The summed E-state index contributed by atoms with van der Waals surface area (Å²) < 4.78 is 20.8. The topological polar surface area (TPSA) is 26.2 Å². The lowest BCUT2D eigenvalue weighted by molar-refractivity contribution is 0.133. The molecule has 1 aromatic heterocycles. The highest BCUT2D eigenvalue weighted by molar-refractivity contribution is 5.80. The van der Waals surface area contributed by atoms with Gasteiger partial charge in [0.2, 0.25) is 0 Å². The first-order valence-electron chi connectivity index (χ1n) is 7.34. The van der Waals surface area contributed by atoms with Gasteiger partial charge in [0.05, 0.1) is 12.1 Å². The van der Waals surface area contributed by atoms with Crippen molar-refractivity contribution in [3.63, 3.8) is 0 Å². The largest absolute Gasteiger partial charge is 0.380 e. The number of hydrogen-bond acceptors (Lipinski definition) is 2. The Bertz CT molecular complexity index is 524. The second-order valence-electron chi connectivity index (χ2n) is 4.93. The van der Waals surface area contributed by atoms with Gasteiger partial charge in [0.15, 0.2) is 0 Å². The lowest BCUT2D eigenvalue weighted by Gasteiger charge is -2.08. The van der Waals surface area contributed by atoms with Crippen LogP contribution >= 0.6 is 0 Å². The van der Waals surface area contributed by atoms with E-state index in [2.05, 4.69) is 16.8 Å². The van der Waals surface area contributed by atoms with Crippen molar-refractivity contribution in [3.8, 4) is 0 Å². The second kappa shape index (κ2) is 8.02. The molecule has 1 heterocycles. The van der Waals surface area contributed by atoms with E-state index in [1.807, 2.05) is 18.3 Å². The zero-order valence-corrected chi connectivity index (χ0v) is 12.1. The van der Waals surface area contributed by atoms with Gasteiger partial charge in [-0.3, -0.25) is 0 Å². The molecule has 0 spiro atoms. The predicted octanol–water partition coefficient (Wildman–Crippen LogP) is 3.19. The van der Waals surface area contributed by atoms with Gasteiger partial charge in [-0.05, 0) is 36.1 Å². The summed E-state index contributed by atoms with van der Waals surface area (Å²) in [5.74, 6) is -0.185. The van der Waals surface area contributed by atoms with Crippen LogP contribution in [0, 0.1) is 5.82 Å². The summed E-state index contributed by atoms with van der Waals surface area (Å²) in [4.78, 5) is 0. The third-order valence-electron chi connectivity index (χ3n) is 3.33. The summed E-state index contributed by atoms with van der Waals surface area (Å²) in [7, 11) is 0. The minimum atomic E-state index is -0.185. The fourth-order valence-corrected chi connectivity index (χ4v) is 2.17. The Kier molecular flexibility index (Phi) is 6.02. The number of nitrogens with zero attached hydrogens (tertiary/aromatic N) is 1. The van der Waals surface area contributed by atoms with E-state index in [9.17, 15) is 4.39 Å². The number of unbranched alkanes of at least 4 members (excludes halogenated alkanes) is 1. The SMILES string of the molecule is CCCCOCCNCCn1ccc2ccc(F)cc21. The van der Waals surface area contributed by atoms with Crippen molar-refractivity contribution in [2.24, 2.45) is 0 Å². The average molecular weight is 278 g/mol. The first-order chi connectivity index (χ1) is 9.81. The van der Waals surface area contributed by atoms with E-state index in [4.69, 9.17) is 4.74 Å². The summed E-state index contributed by atoms with van der Waals surface area (Å²) in [5, 5.41) is 4.42. The van der Waals surface area contributed by atoms with Gasteiger partial charge in [0, 0.05) is 32.4 Å². The smallest absolute Gasteiger partial charge is 0.125 e. The van der Waals surface area contributed by atoms with Crippen LogP contribution < -0.4 is 5.32 Å². The molecular weight excluding hydrogens is 255 g/mol. The second-order valence-corrected chi connectivity index (χ2v) is 4.93. The minimum Gasteiger partial charge on any atom is -0.380 e. The lowest BCUT2D eigenvalue weighted by Crippen LogP contribution is -2.24. The molecule has 4 heteroatoms. The Morgan fingerprint density at radius 1 is 1.20 bits per heavy atom. The fourth-order valence-electron chi connectivity index (χ4n) is 2.17. The van der Waals surface area contributed by atoms with Gasteiger partial charge in [0.25, 0.3) is 0 Å².